The monoisotopic (exact) mass is 290 g/mol. The van der Waals surface area contributed by atoms with Crippen LogP contribution in [0.25, 0.3) is 0 Å². The van der Waals surface area contributed by atoms with E-state index in [-0.39, 0.29) is 37.1 Å². The predicted molar refractivity (Wildman–Crippen MR) is 71.9 cm³/mol. The first-order chi connectivity index (χ1) is 10.0. The third-order valence-electron chi connectivity index (χ3n) is 2.84. The number of carbonyl (C=O) groups excluding carboxylic acids is 3. The SMILES string of the molecule is CC(=N)CC(=O)OOCCN1C(=O)c2ccccc2C1=O. The zero-order valence-electron chi connectivity index (χ0n) is 11.4. The van der Waals surface area contributed by atoms with Crippen molar-refractivity contribution in [2.75, 3.05) is 13.2 Å². The van der Waals surface area contributed by atoms with Crippen LogP contribution in [0.1, 0.15) is 34.1 Å². The zero-order valence-corrected chi connectivity index (χ0v) is 11.4. The highest BCUT2D eigenvalue weighted by Crippen LogP contribution is 2.21. The van der Waals surface area contributed by atoms with E-state index in [1.807, 2.05) is 0 Å². The Balaban J connectivity index is 1.83. The van der Waals surface area contributed by atoms with Crippen molar-refractivity contribution in [3.05, 3.63) is 35.4 Å². The maximum atomic E-state index is 12.0. The first-order valence-electron chi connectivity index (χ1n) is 6.32. The summed E-state index contributed by atoms with van der Waals surface area (Å²) in [6.45, 7) is 1.34. The molecule has 0 saturated carbocycles. The average molecular weight is 290 g/mol. The van der Waals surface area contributed by atoms with Gasteiger partial charge in [0.15, 0.2) is 0 Å². The number of nitrogens with one attached hydrogen (secondary N) is 1. The molecular formula is C14H14N2O5. The Labute approximate surface area is 120 Å². The van der Waals surface area contributed by atoms with Crippen molar-refractivity contribution < 1.29 is 24.2 Å². The zero-order chi connectivity index (χ0) is 15.4. The molecule has 2 rings (SSSR count). The Morgan fingerprint density at radius 2 is 1.76 bits per heavy atom. The molecule has 1 N–H and O–H groups in total. The van der Waals surface area contributed by atoms with Crippen molar-refractivity contribution in [3.63, 3.8) is 0 Å². The lowest BCUT2D eigenvalue weighted by Crippen LogP contribution is -2.33. The van der Waals surface area contributed by atoms with Gasteiger partial charge in [-0.3, -0.25) is 19.4 Å². The van der Waals surface area contributed by atoms with Gasteiger partial charge in [0.2, 0.25) is 0 Å². The quantitative estimate of drug-likeness (QED) is 0.279. The Kier molecular flexibility index (Phi) is 4.44. The summed E-state index contributed by atoms with van der Waals surface area (Å²) in [5.74, 6) is -1.47. The van der Waals surface area contributed by atoms with Gasteiger partial charge >= 0.3 is 5.97 Å². The molecular weight excluding hydrogens is 276 g/mol. The normalized spacial score (nSPS) is 13.3. The molecule has 1 aliphatic rings. The summed E-state index contributed by atoms with van der Waals surface area (Å²) in [4.78, 5) is 45.2. The fourth-order valence-electron chi connectivity index (χ4n) is 1.92. The molecule has 0 saturated heterocycles. The third-order valence-corrected chi connectivity index (χ3v) is 2.84. The molecule has 0 spiro atoms. The van der Waals surface area contributed by atoms with E-state index in [0.29, 0.717) is 11.1 Å². The van der Waals surface area contributed by atoms with Crippen LogP contribution in [-0.4, -0.2) is 41.5 Å². The van der Waals surface area contributed by atoms with Gasteiger partial charge in [0.25, 0.3) is 11.8 Å². The van der Waals surface area contributed by atoms with Crippen LogP contribution in [0, 0.1) is 5.41 Å². The number of amides is 2. The number of benzene rings is 1. The van der Waals surface area contributed by atoms with Crippen LogP contribution in [0.5, 0.6) is 0 Å². The van der Waals surface area contributed by atoms with E-state index in [1.54, 1.807) is 24.3 Å². The lowest BCUT2D eigenvalue weighted by atomic mass is 10.1. The van der Waals surface area contributed by atoms with Crippen molar-refractivity contribution in [1.29, 1.82) is 5.41 Å². The molecule has 0 aliphatic carbocycles. The topological polar surface area (TPSA) is 96.8 Å². The van der Waals surface area contributed by atoms with Crippen LogP contribution in [0.2, 0.25) is 0 Å². The van der Waals surface area contributed by atoms with Gasteiger partial charge in [0, 0.05) is 5.71 Å². The minimum absolute atomic E-state index is 0.0107. The van der Waals surface area contributed by atoms with Gasteiger partial charge in [-0.25, -0.2) is 4.79 Å². The number of rotatable bonds is 6. The molecule has 7 heteroatoms. The van der Waals surface area contributed by atoms with Crippen molar-refractivity contribution in [1.82, 2.24) is 4.90 Å². The van der Waals surface area contributed by atoms with E-state index < -0.39 is 5.97 Å². The number of nitrogens with zero attached hydrogens (tertiary/aromatic N) is 1. The maximum absolute atomic E-state index is 12.0. The Hall–Kier alpha value is -2.54. The van der Waals surface area contributed by atoms with Crippen LogP contribution >= 0.6 is 0 Å². The molecule has 0 radical (unpaired) electrons. The molecule has 1 aromatic rings. The largest absolute Gasteiger partial charge is 0.347 e. The van der Waals surface area contributed by atoms with Crippen LogP contribution in [0.15, 0.2) is 24.3 Å². The smallest absolute Gasteiger partial charge is 0.309 e. The van der Waals surface area contributed by atoms with Crippen LogP contribution < -0.4 is 0 Å². The van der Waals surface area contributed by atoms with Crippen molar-refractivity contribution in [2.24, 2.45) is 0 Å². The van der Waals surface area contributed by atoms with Gasteiger partial charge in [-0.15, -0.1) is 0 Å². The molecule has 1 aliphatic heterocycles. The van der Waals surface area contributed by atoms with E-state index in [0.717, 1.165) is 4.90 Å². The molecule has 110 valence electrons. The summed E-state index contributed by atoms with van der Waals surface area (Å²) in [6.07, 6.45) is -0.160. The second-order valence-electron chi connectivity index (χ2n) is 4.54. The van der Waals surface area contributed by atoms with Gasteiger partial charge in [0.1, 0.15) is 6.61 Å². The van der Waals surface area contributed by atoms with Gasteiger partial charge in [0.05, 0.1) is 24.1 Å². The number of imide groups is 1. The van der Waals surface area contributed by atoms with Crippen molar-refractivity contribution in [3.8, 4) is 0 Å². The predicted octanol–water partition coefficient (Wildman–Crippen LogP) is 1.19. The molecule has 0 atom stereocenters. The molecule has 21 heavy (non-hydrogen) atoms. The fourth-order valence-corrected chi connectivity index (χ4v) is 1.92. The average Bonchev–Trinajstić information content (AvgIpc) is 2.68. The molecule has 0 bridgehead atoms. The molecule has 1 aromatic carbocycles. The summed E-state index contributed by atoms with van der Waals surface area (Å²) >= 11 is 0. The first-order valence-corrected chi connectivity index (χ1v) is 6.32. The maximum Gasteiger partial charge on any atom is 0.347 e. The van der Waals surface area contributed by atoms with Gasteiger partial charge in [-0.2, -0.15) is 4.89 Å². The second-order valence-corrected chi connectivity index (χ2v) is 4.54. The number of hydrogen-bond donors (Lipinski definition) is 1. The summed E-state index contributed by atoms with van der Waals surface area (Å²) < 4.78 is 0. The van der Waals surface area contributed by atoms with E-state index >= 15 is 0 Å². The Morgan fingerprint density at radius 1 is 1.19 bits per heavy atom. The van der Waals surface area contributed by atoms with E-state index in [1.165, 1.54) is 6.92 Å². The van der Waals surface area contributed by atoms with Crippen LogP contribution in [-0.2, 0) is 14.6 Å². The number of carbonyl (C=O) groups is 3. The van der Waals surface area contributed by atoms with Gasteiger partial charge in [-0.1, -0.05) is 12.1 Å². The van der Waals surface area contributed by atoms with Gasteiger partial charge in [-0.05, 0) is 19.1 Å². The highest BCUT2D eigenvalue weighted by molar-refractivity contribution is 6.21. The Morgan fingerprint density at radius 3 is 2.29 bits per heavy atom. The van der Waals surface area contributed by atoms with E-state index in [2.05, 4.69) is 9.78 Å². The molecule has 7 nitrogen and oxygen atoms in total. The van der Waals surface area contributed by atoms with Crippen LogP contribution in [0.4, 0.5) is 0 Å². The molecule has 0 aromatic heterocycles. The minimum atomic E-state index is -0.690. The summed E-state index contributed by atoms with van der Waals surface area (Å²) in [5.41, 5.74) is 0.877. The van der Waals surface area contributed by atoms with E-state index in [9.17, 15) is 14.4 Å². The molecule has 0 fully saturated rings. The first kappa shape index (κ1) is 14.9. The number of hydrogen-bond acceptors (Lipinski definition) is 6. The van der Waals surface area contributed by atoms with Crippen molar-refractivity contribution >= 4 is 23.5 Å². The lowest BCUT2D eigenvalue weighted by Gasteiger charge is -2.12. The molecule has 1 heterocycles. The molecule has 0 unspecified atom stereocenters. The second kappa shape index (κ2) is 6.27. The van der Waals surface area contributed by atoms with E-state index in [4.69, 9.17) is 5.41 Å². The standard InChI is InChI=1S/C14H14N2O5/c1-9(15)8-12(17)21-20-7-6-16-13(18)10-4-2-3-5-11(10)14(16)19/h2-5,15H,6-8H2,1H3. The van der Waals surface area contributed by atoms with Crippen LogP contribution in [0.3, 0.4) is 0 Å². The molecule has 2 amide bonds. The summed E-state index contributed by atoms with van der Waals surface area (Å²) in [5, 5.41) is 7.11. The summed E-state index contributed by atoms with van der Waals surface area (Å²) in [7, 11) is 0. The fraction of sp³-hybridized carbons (Fsp3) is 0.286. The summed E-state index contributed by atoms with van der Waals surface area (Å²) in [6, 6.07) is 6.55. The number of fused-ring (bicyclic) bond motifs is 1. The third kappa shape index (κ3) is 3.32. The highest BCUT2D eigenvalue weighted by Gasteiger charge is 2.34. The minimum Gasteiger partial charge on any atom is -0.309 e. The Bertz CT molecular complexity index is 576. The lowest BCUT2D eigenvalue weighted by molar-refractivity contribution is -0.271. The van der Waals surface area contributed by atoms with Crippen molar-refractivity contribution in [2.45, 2.75) is 13.3 Å². The highest BCUT2D eigenvalue weighted by atomic mass is 17.2. The van der Waals surface area contributed by atoms with Gasteiger partial charge < -0.3 is 5.41 Å².